The van der Waals surface area contributed by atoms with E-state index in [1.54, 1.807) is 36.1 Å². The van der Waals surface area contributed by atoms with E-state index in [-0.39, 0.29) is 23.9 Å². The Morgan fingerprint density at radius 1 is 1.25 bits per heavy atom. The number of pyridine rings is 1. The Balaban J connectivity index is 1.58. The third kappa shape index (κ3) is 4.22. The van der Waals surface area contributed by atoms with E-state index in [9.17, 15) is 13.6 Å². The van der Waals surface area contributed by atoms with Gasteiger partial charge in [-0.25, -0.2) is 13.8 Å². The molecule has 1 aromatic carbocycles. The highest BCUT2D eigenvalue weighted by molar-refractivity contribution is 6.29. The number of hydrogen-bond donors (Lipinski definition) is 1. The molecule has 3 aromatic heterocycles. The number of halogens is 3. The Kier molecular flexibility index (Phi) is 5.70. The normalized spacial score (nSPS) is 13.0. The summed E-state index contributed by atoms with van der Waals surface area (Å²) in [4.78, 5) is 17.1. The lowest BCUT2D eigenvalue weighted by atomic mass is 9.80. The lowest BCUT2D eigenvalue weighted by Crippen LogP contribution is -2.40. The van der Waals surface area contributed by atoms with Crippen LogP contribution in [-0.4, -0.2) is 37.4 Å². The molecule has 1 N–H and O–H groups in total. The largest absolute Gasteiger partial charge is 0.412 e. The van der Waals surface area contributed by atoms with Crippen LogP contribution in [0.5, 0.6) is 0 Å². The van der Waals surface area contributed by atoms with Crippen LogP contribution in [0.4, 0.5) is 8.78 Å². The maximum absolute atomic E-state index is 14.0. The molecule has 1 atom stereocenters. The topological polar surface area (TPSA) is 98.7 Å². The van der Waals surface area contributed by atoms with Gasteiger partial charge in [-0.05, 0) is 31.2 Å². The van der Waals surface area contributed by atoms with Crippen LogP contribution in [0.15, 0.2) is 53.2 Å². The second kappa shape index (κ2) is 8.46. The van der Waals surface area contributed by atoms with Crippen LogP contribution in [0, 0.1) is 11.6 Å². The zero-order chi connectivity index (χ0) is 22.9. The first kappa shape index (κ1) is 21.6. The molecule has 0 radical (unpaired) electrons. The number of carbonyl (C=O) groups is 1. The number of rotatable bonds is 6. The van der Waals surface area contributed by atoms with E-state index in [2.05, 4.69) is 25.6 Å². The lowest BCUT2D eigenvalue weighted by Gasteiger charge is -2.28. The van der Waals surface area contributed by atoms with Crippen molar-refractivity contribution in [1.29, 1.82) is 0 Å². The number of nitrogens with one attached hydrogen (secondary N) is 1. The fraction of sp³-hybridized carbons (Fsp3) is 0.190. The number of aryl methyl sites for hydroxylation is 1. The van der Waals surface area contributed by atoms with Crippen molar-refractivity contribution in [1.82, 2.24) is 30.3 Å². The van der Waals surface area contributed by atoms with Crippen molar-refractivity contribution in [3.8, 4) is 11.5 Å². The summed E-state index contributed by atoms with van der Waals surface area (Å²) < 4.78 is 34.0. The minimum absolute atomic E-state index is 0.105. The smallest absolute Gasteiger partial charge is 0.308 e. The molecule has 0 aliphatic rings. The second-order valence-electron chi connectivity index (χ2n) is 7.30. The van der Waals surface area contributed by atoms with Crippen LogP contribution >= 0.6 is 11.6 Å². The van der Waals surface area contributed by atoms with Crippen LogP contribution in [0.2, 0.25) is 5.15 Å². The van der Waals surface area contributed by atoms with Gasteiger partial charge in [-0.15, -0.1) is 10.2 Å². The second-order valence-corrected chi connectivity index (χ2v) is 7.69. The predicted molar refractivity (Wildman–Crippen MR) is 111 cm³/mol. The molecule has 1 unspecified atom stereocenters. The molecule has 0 aliphatic carbocycles. The molecule has 4 aromatic rings. The molecule has 0 bridgehead atoms. The average Bonchev–Trinajstić information content (AvgIpc) is 3.41. The molecule has 3 heterocycles. The maximum Gasteiger partial charge on any atom is 0.308 e. The summed E-state index contributed by atoms with van der Waals surface area (Å²) in [5.74, 6) is -2.89. The Morgan fingerprint density at radius 3 is 2.75 bits per heavy atom. The van der Waals surface area contributed by atoms with E-state index < -0.39 is 23.0 Å². The molecular weight excluding hydrogens is 442 g/mol. The van der Waals surface area contributed by atoms with Crippen molar-refractivity contribution >= 4 is 17.5 Å². The number of benzene rings is 1. The van der Waals surface area contributed by atoms with E-state index in [4.69, 9.17) is 16.0 Å². The van der Waals surface area contributed by atoms with Crippen molar-refractivity contribution in [2.75, 3.05) is 6.54 Å². The van der Waals surface area contributed by atoms with E-state index in [0.29, 0.717) is 16.9 Å². The van der Waals surface area contributed by atoms with Crippen LogP contribution in [0.25, 0.3) is 11.5 Å². The number of amides is 1. The SMILES string of the molecule is Cn1cc(C(C)(CNC(=O)c2nnc(-c3ccc(F)cc3F)o2)c2cccc(Cl)n2)cn1. The third-order valence-corrected chi connectivity index (χ3v) is 5.22. The molecule has 4 rings (SSSR count). The molecule has 164 valence electrons. The molecule has 11 heteroatoms. The molecule has 0 aliphatic heterocycles. The summed E-state index contributed by atoms with van der Waals surface area (Å²) in [7, 11) is 1.78. The van der Waals surface area contributed by atoms with Crippen molar-refractivity contribution in [2.45, 2.75) is 12.3 Å². The standard InChI is InChI=1S/C21H17ClF2N6O2/c1-21(12-9-26-30(2)10-12,16-4-3-5-17(22)27-16)11-25-18(31)20-29-28-19(32-20)14-7-6-13(23)8-15(14)24/h3-10H,11H2,1-2H3,(H,25,31). The minimum Gasteiger partial charge on any atom is -0.412 e. The average molecular weight is 459 g/mol. The Hall–Kier alpha value is -3.66. The van der Waals surface area contributed by atoms with Gasteiger partial charge in [0.1, 0.15) is 16.8 Å². The van der Waals surface area contributed by atoms with Gasteiger partial charge in [0.05, 0.1) is 22.9 Å². The first-order valence-corrected chi connectivity index (χ1v) is 9.83. The van der Waals surface area contributed by atoms with Crippen molar-refractivity contribution in [3.63, 3.8) is 0 Å². The van der Waals surface area contributed by atoms with Crippen molar-refractivity contribution < 1.29 is 18.0 Å². The molecule has 0 saturated heterocycles. The highest BCUT2D eigenvalue weighted by Crippen LogP contribution is 2.31. The zero-order valence-electron chi connectivity index (χ0n) is 17.0. The van der Waals surface area contributed by atoms with E-state index >= 15 is 0 Å². The Labute approximate surface area is 186 Å². The van der Waals surface area contributed by atoms with E-state index in [0.717, 1.165) is 17.7 Å². The fourth-order valence-corrected chi connectivity index (χ4v) is 3.35. The van der Waals surface area contributed by atoms with Gasteiger partial charge < -0.3 is 9.73 Å². The van der Waals surface area contributed by atoms with Crippen molar-refractivity contribution in [2.24, 2.45) is 7.05 Å². The van der Waals surface area contributed by atoms with Gasteiger partial charge in [0.25, 0.3) is 5.89 Å². The number of aromatic nitrogens is 5. The van der Waals surface area contributed by atoms with Gasteiger partial charge in [0, 0.05) is 31.4 Å². The van der Waals surface area contributed by atoms with Gasteiger partial charge in [-0.2, -0.15) is 5.10 Å². The molecule has 1 amide bonds. The molecular formula is C21H17ClF2N6O2. The fourth-order valence-electron chi connectivity index (χ4n) is 3.18. The van der Waals surface area contributed by atoms with E-state index in [1.165, 1.54) is 0 Å². The number of nitrogens with zero attached hydrogens (tertiary/aromatic N) is 5. The first-order chi connectivity index (χ1) is 15.3. The monoisotopic (exact) mass is 458 g/mol. The zero-order valence-corrected chi connectivity index (χ0v) is 17.8. The summed E-state index contributed by atoms with van der Waals surface area (Å²) in [6.07, 6.45) is 3.49. The number of carbonyl (C=O) groups excluding carboxylic acids is 1. The summed E-state index contributed by atoms with van der Waals surface area (Å²) in [6, 6.07) is 8.12. The van der Waals surface area contributed by atoms with Gasteiger partial charge in [-0.1, -0.05) is 17.7 Å². The minimum atomic E-state index is -0.878. The third-order valence-electron chi connectivity index (χ3n) is 5.01. The maximum atomic E-state index is 14.0. The highest BCUT2D eigenvalue weighted by Gasteiger charge is 2.33. The summed E-state index contributed by atoms with van der Waals surface area (Å²) in [5.41, 5.74) is 0.537. The number of hydrogen-bond acceptors (Lipinski definition) is 6. The summed E-state index contributed by atoms with van der Waals surface area (Å²) in [6.45, 7) is 1.99. The van der Waals surface area contributed by atoms with Gasteiger partial charge in [0.2, 0.25) is 0 Å². The Morgan fingerprint density at radius 2 is 2.06 bits per heavy atom. The molecule has 0 spiro atoms. The highest BCUT2D eigenvalue weighted by atomic mass is 35.5. The molecule has 32 heavy (non-hydrogen) atoms. The first-order valence-electron chi connectivity index (χ1n) is 9.45. The van der Waals surface area contributed by atoms with Crippen LogP contribution in [0.3, 0.4) is 0 Å². The van der Waals surface area contributed by atoms with Gasteiger partial charge >= 0.3 is 11.8 Å². The molecule has 0 saturated carbocycles. The lowest BCUT2D eigenvalue weighted by molar-refractivity contribution is 0.0913. The van der Waals surface area contributed by atoms with E-state index in [1.807, 2.05) is 13.1 Å². The van der Waals surface area contributed by atoms with Crippen LogP contribution in [-0.2, 0) is 12.5 Å². The van der Waals surface area contributed by atoms with Crippen LogP contribution < -0.4 is 5.32 Å². The summed E-state index contributed by atoms with van der Waals surface area (Å²) in [5, 5.41) is 14.6. The quantitative estimate of drug-likeness (QED) is 0.444. The van der Waals surface area contributed by atoms with Crippen molar-refractivity contribution in [3.05, 3.63) is 82.7 Å². The summed E-state index contributed by atoms with van der Waals surface area (Å²) >= 11 is 6.08. The Bertz CT molecular complexity index is 1290. The molecule has 8 nitrogen and oxygen atoms in total. The van der Waals surface area contributed by atoms with Gasteiger partial charge in [-0.3, -0.25) is 9.48 Å². The van der Waals surface area contributed by atoms with Crippen LogP contribution in [0.1, 0.15) is 28.9 Å². The van der Waals surface area contributed by atoms with Gasteiger partial charge in [0.15, 0.2) is 0 Å². The molecule has 0 fully saturated rings. The predicted octanol–water partition coefficient (Wildman–Crippen LogP) is 3.53.